The summed E-state index contributed by atoms with van der Waals surface area (Å²) < 4.78 is 30.1. The molecule has 12 heteroatoms. The highest BCUT2D eigenvalue weighted by molar-refractivity contribution is 7.91. The first kappa shape index (κ1) is 21.5. The number of para-hydroxylation sites is 2. The minimum atomic E-state index is -3.79. The van der Waals surface area contributed by atoms with E-state index < -0.39 is 14.9 Å². The second kappa shape index (κ2) is 8.09. The summed E-state index contributed by atoms with van der Waals surface area (Å²) >= 11 is 0.669. The zero-order valence-corrected chi connectivity index (χ0v) is 18.8. The highest BCUT2D eigenvalue weighted by atomic mass is 32.2. The van der Waals surface area contributed by atoms with Crippen LogP contribution in [0.25, 0.3) is 11.0 Å². The molecule has 0 radical (unpaired) electrons. The monoisotopic (exact) mass is 465 g/mol. The number of aromatic amines is 1. The summed E-state index contributed by atoms with van der Waals surface area (Å²) in [5, 5.41) is 0. The predicted molar refractivity (Wildman–Crippen MR) is 117 cm³/mol. The summed E-state index contributed by atoms with van der Waals surface area (Å²) in [7, 11) is -3.79. The molecule has 3 aromatic rings. The minimum Gasteiger partial charge on any atom is -0.338 e. The van der Waals surface area contributed by atoms with E-state index in [0.29, 0.717) is 29.1 Å². The highest BCUT2D eigenvalue weighted by Gasteiger charge is 2.33. The van der Waals surface area contributed by atoms with Crippen molar-refractivity contribution in [1.82, 2.24) is 23.3 Å². The Kier molecular flexibility index (Phi) is 5.62. The maximum absolute atomic E-state index is 12.9. The van der Waals surface area contributed by atoms with Crippen LogP contribution in [-0.2, 0) is 27.9 Å². The molecule has 2 aromatic heterocycles. The molecule has 3 heterocycles. The van der Waals surface area contributed by atoms with Crippen LogP contribution in [0.4, 0.5) is 0 Å². The van der Waals surface area contributed by atoms with Crippen molar-refractivity contribution in [3.8, 4) is 0 Å². The molecule has 0 atom stereocenters. The van der Waals surface area contributed by atoms with Crippen LogP contribution in [0.15, 0.2) is 38.1 Å². The van der Waals surface area contributed by atoms with E-state index in [4.69, 9.17) is 0 Å². The molecule has 0 spiro atoms. The third-order valence-corrected chi connectivity index (χ3v) is 8.96. The van der Waals surface area contributed by atoms with Crippen molar-refractivity contribution in [3.05, 3.63) is 50.1 Å². The highest BCUT2D eigenvalue weighted by Crippen LogP contribution is 2.22. The summed E-state index contributed by atoms with van der Waals surface area (Å²) in [6.45, 7) is 4.53. The van der Waals surface area contributed by atoms with Gasteiger partial charge in [-0.2, -0.15) is 4.31 Å². The van der Waals surface area contributed by atoms with Gasteiger partial charge in [0, 0.05) is 38.4 Å². The number of hydrogen-bond donors (Lipinski definition) is 1. The fourth-order valence-corrected chi connectivity index (χ4v) is 6.76. The molecule has 1 aromatic carbocycles. The first-order valence-corrected chi connectivity index (χ1v) is 12.2. The first-order chi connectivity index (χ1) is 14.7. The van der Waals surface area contributed by atoms with Gasteiger partial charge in [-0.05, 0) is 26.0 Å². The standard InChI is InChI=1S/C19H23N5O5S2/c1-3-23-14-6-4-5-7-15(14)24(19(23)27)12-16(25)21-8-10-22(11-9-21)31(28,29)17-13(2)20-18(26)30-17/h4-7H,3,8-12H2,1-2H3,(H,20,26). The van der Waals surface area contributed by atoms with Gasteiger partial charge >= 0.3 is 10.6 Å². The van der Waals surface area contributed by atoms with Crippen molar-refractivity contribution in [1.29, 1.82) is 0 Å². The molecule has 31 heavy (non-hydrogen) atoms. The van der Waals surface area contributed by atoms with Crippen LogP contribution < -0.4 is 10.6 Å². The molecular weight excluding hydrogens is 442 g/mol. The van der Waals surface area contributed by atoms with Gasteiger partial charge in [-0.15, -0.1) is 0 Å². The number of amides is 1. The smallest absolute Gasteiger partial charge is 0.329 e. The molecule has 0 saturated carbocycles. The van der Waals surface area contributed by atoms with Gasteiger partial charge in [0.1, 0.15) is 6.54 Å². The molecule has 166 valence electrons. The van der Waals surface area contributed by atoms with Gasteiger partial charge in [0.2, 0.25) is 5.91 Å². The lowest BCUT2D eigenvalue weighted by atomic mass is 10.3. The number of carbonyl (C=O) groups is 1. The van der Waals surface area contributed by atoms with E-state index in [0.717, 1.165) is 5.52 Å². The molecule has 1 fully saturated rings. The lowest BCUT2D eigenvalue weighted by Crippen LogP contribution is -2.51. The largest absolute Gasteiger partial charge is 0.338 e. The minimum absolute atomic E-state index is 0.0104. The van der Waals surface area contributed by atoms with Crippen LogP contribution in [0.1, 0.15) is 12.6 Å². The average Bonchev–Trinajstić information content (AvgIpc) is 3.24. The fraction of sp³-hybridized carbons (Fsp3) is 0.421. The number of imidazole rings is 1. The van der Waals surface area contributed by atoms with Crippen molar-refractivity contribution in [3.63, 3.8) is 0 Å². The average molecular weight is 466 g/mol. The molecule has 1 amide bonds. The number of thiazole rings is 1. The van der Waals surface area contributed by atoms with Gasteiger partial charge in [0.05, 0.1) is 11.0 Å². The number of nitrogens with zero attached hydrogens (tertiary/aromatic N) is 4. The zero-order chi connectivity index (χ0) is 22.3. The van der Waals surface area contributed by atoms with Gasteiger partial charge in [-0.25, -0.2) is 13.2 Å². The van der Waals surface area contributed by atoms with Gasteiger partial charge in [0.15, 0.2) is 4.21 Å². The predicted octanol–water partition coefficient (Wildman–Crippen LogP) is 0.414. The third-order valence-electron chi connectivity index (χ3n) is 5.48. The summed E-state index contributed by atoms with van der Waals surface area (Å²) in [6.07, 6.45) is 0. The Hall–Kier alpha value is -2.70. The quantitative estimate of drug-likeness (QED) is 0.586. The van der Waals surface area contributed by atoms with Crippen LogP contribution in [0.3, 0.4) is 0 Å². The van der Waals surface area contributed by atoms with Crippen LogP contribution >= 0.6 is 11.3 Å². The third kappa shape index (κ3) is 3.75. The number of rotatable bonds is 5. The molecule has 4 rings (SSSR count). The molecule has 0 aliphatic carbocycles. The fourth-order valence-electron chi connectivity index (χ4n) is 3.90. The molecule has 1 N–H and O–H groups in total. The maximum Gasteiger partial charge on any atom is 0.329 e. The molecule has 1 aliphatic rings. The number of aryl methyl sites for hydroxylation is 2. The number of benzene rings is 1. The van der Waals surface area contributed by atoms with Crippen LogP contribution in [0, 0.1) is 6.92 Å². The number of aromatic nitrogens is 3. The van der Waals surface area contributed by atoms with Crippen molar-refractivity contribution in [2.75, 3.05) is 26.2 Å². The Morgan fingerprint density at radius 3 is 2.23 bits per heavy atom. The van der Waals surface area contributed by atoms with Crippen LogP contribution in [-0.4, -0.2) is 63.8 Å². The van der Waals surface area contributed by atoms with E-state index in [9.17, 15) is 22.8 Å². The number of piperazine rings is 1. The van der Waals surface area contributed by atoms with Crippen LogP contribution in [0.2, 0.25) is 0 Å². The van der Waals surface area contributed by atoms with Crippen LogP contribution in [0.5, 0.6) is 0 Å². The van der Waals surface area contributed by atoms with E-state index in [-0.39, 0.29) is 48.5 Å². The number of H-pyrrole nitrogens is 1. The Balaban J connectivity index is 1.49. The zero-order valence-electron chi connectivity index (χ0n) is 17.2. The first-order valence-electron chi connectivity index (χ1n) is 9.89. The Bertz CT molecular complexity index is 1360. The lowest BCUT2D eigenvalue weighted by Gasteiger charge is -2.33. The topological polar surface area (TPSA) is 117 Å². The molecule has 1 aliphatic heterocycles. The Labute approximate surface area is 182 Å². The SMILES string of the molecule is CCn1c(=O)n(CC(=O)N2CCN(S(=O)(=O)c3sc(=O)[nH]c3C)CC2)c2ccccc21. The number of carbonyl (C=O) groups excluding carboxylic acids is 1. The summed E-state index contributed by atoms with van der Waals surface area (Å²) in [4.78, 5) is 40.8. The Morgan fingerprint density at radius 1 is 1.06 bits per heavy atom. The van der Waals surface area contributed by atoms with Crippen molar-refractivity contribution in [2.24, 2.45) is 0 Å². The second-order valence-corrected chi connectivity index (χ2v) is 10.4. The van der Waals surface area contributed by atoms with Crippen molar-refractivity contribution < 1.29 is 13.2 Å². The van der Waals surface area contributed by atoms with Gasteiger partial charge in [0.25, 0.3) is 10.0 Å². The summed E-state index contributed by atoms with van der Waals surface area (Å²) in [5.41, 5.74) is 1.55. The molecule has 10 nitrogen and oxygen atoms in total. The summed E-state index contributed by atoms with van der Waals surface area (Å²) in [6, 6.07) is 7.33. The number of hydrogen-bond acceptors (Lipinski definition) is 6. The van der Waals surface area contributed by atoms with E-state index in [2.05, 4.69) is 4.98 Å². The van der Waals surface area contributed by atoms with Gasteiger partial charge < -0.3 is 9.88 Å². The number of fused-ring (bicyclic) bond motifs is 1. The molecular formula is C19H23N5O5S2. The Morgan fingerprint density at radius 2 is 1.68 bits per heavy atom. The molecule has 1 saturated heterocycles. The lowest BCUT2D eigenvalue weighted by molar-refractivity contribution is -0.133. The van der Waals surface area contributed by atoms with E-state index in [1.165, 1.54) is 8.87 Å². The maximum atomic E-state index is 12.9. The summed E-state index contributed by atoms with van der Waals surface area (Å²) in [5.74, 6) is -0.236. The van der Waals surface area contributed by atoms with E-state index in [1.54, 1.807) is 16.4 Å². The second-order valence-electron chi connectivity index (χ2n) is 7.31. The van der Waals surface area contributed by atoms with Crippen molar-refractivity contribution >= 4 is 38.3 Å². The van der Waals surface area contributed by atoms with E-state index in [1.807, 2.05) is 31.2 Å². The molecule has 0 unspecified atom stereocenters. The number of sulfonamides is 1. The van der Waals surface area contributed by atoms with Gasteiger partial charge in [-0.3, -0.25) is 18.7 Å². The number of nitrogens with one attached hydrogen (secondary N) is 1. The normalized spacial score (nSPS) is 15.6. The van der Waals surface area contributed by atoms with Gasteiger partial charge in [-0.1, -0.05) is 23.5 Å². The van der Waals surface area contributed by atoms with E-state index >= 15 is 0 Å². The molecule has 0 bridgehead atoms. The van der Waals surface area contributed by atoms with Crippen molar-refractivity contribution in [2.45, 2.75) is 31.1 Å².